The molecule has 5 heteroatoms. The van der Waals surface area contributed by atoms with E-state index in [9.17, 15) is 4.79 Å². The first-order valence-corrected chi connectivity index (χ1v) is 6.61. The number of carbonyl (C=O) groups is 1. The standard InChI is InChI=1S/C13H18N4O/c18-13(17-12-8-14-3-4-15-12)7-9-5-10-1-2-11(6-9)16-10/h3-4,8-11,16H,1-2,5-7H2,(H,15,17,18). The lowest BCUT2D eigenvalue weighted by molar-refractivity contribution is -0.117. The summed E-state index contributed by atoms with van der Waals surface area (Å²) in [6, 6.07) is 1.27. The van der Waals surface area contributed by atoms with Gasteiger partial charge in [-0.25, -0.2) is 4.98 Å². The van der Waals surface area contributed by atoms with Crippen LogP contribution in [-0.4, -0.2) is 28.0 Å². The second-order valence-corrected chi connectivity index (χ2v) is 5.32. The Morgan fingerprint density at radius 3 is 2.78 bits per heavy atom. The van der Waals surface area contributed by atoms with E-state index in [2.05, 4.69) is 20.6 Å². The zero-order valence-electron chi connectivity index (χ0n) is 10.3. The van der Waals surface area contributed by atoms with Crippen LogP contribution >= 0.6 is 0 Å². The molecule has 2 atom stereocenters. The summed E-state index contributed by atoms with van der Waals surface area (Å²) in [6.07, 6.45) is 10.2. The smallest absolute Gasteiger partial charge is 0.225 e. The van der Waals surface area contributed by atoms with Crippen LogP contribution in [0.4, 0.5) is 5.82 Å². The van der Waals surface area contributed by atoms with Gasteiger partial charge in [-0.1, -0.05) is 0 Å². The molecular formula is C13H18N4O. The quantitative estimate of drug-likeness (QED) is 0.844. The van der Waals surface area contributed by atoms with Crippen molar-refractivity contribution in [3.63, 3.8) is 0 Å². The highest BCUT2D eigenvalue weighted by Gasteiger charge is 2.34. The molecule has 2 unspecified atom stereocenters. The van der Waals surface area contributed by atoms with Gasteiger partial charge in [-0.2, -0.15) is 0 Å². The molecule has 2 bridgehead atoms. The van der Waals surface area contributed by atoms with E-state index in [1.165, 1.54) is 12.8 Å². The summed E-state index contributed by atoms with van der Waals surface area (Å²) in [6.45, 7) is 0. The predicted molar refractivity (Wildman–Crippen MR) is 67.9 cm³/mol. The summed E-state index contributed by atoms with van der Waals surface area (Å²) in [5.74, 6) is 1.11. The molecule has 2 N–H and O–H groups in total. The Hall–Kier alpha value is -1.49. The van der Waals surface area contributed by atoms with Gasteiger partial charge in [-0.3, -0.25) is 9.78 Å². The minimum atomic E-state index is 0.0572. The zero-order valence-corrected chi connectivity index (χ0v) is 10.3. The highest BCUT2D eigenvalue weighted by molar-refractivity contribution is 5.89. The molecule has 3 heterocycles. The number of nitrogens with zero attached hydrogens (tertiary/aromatic N) is 2. The van der Waals surface area contributed by atoms with Crippen LogP contribution in [-0.2, 0) is 4.79 Å². The maximum Gasteiger partial charge on any atom is 0.225 e. The number of amides is 1. The number of hydrogen-bond donors (Lipinski definition) is 2. The van der Waals surface area contributed by atoms with Gasteiger partial charge in [0.1, 0.15) is 0 Å². The molecule has 18 heavy (non-hydrogen) atoms. The van der Waals surface area contributed by atoms with E-state index in [1.54, 1.807) is 18.6 Å². The van der Waals surface area contributed by atoms with Crippen LogP contribution in [0.2, 0.25) is 0 Å². The summed E-state index contributed by atoms with van der Waals surface area (Å²) in [5.41, 5.74) is 0. The maximum absolute atomic E-state index is 11.9. The number of nitrogens with one attached hydrogen (secondary N) is 2. The Morgan fingerprint density at radius 1 is 1.33 bits per heavy atom. The van der Waals surface area contributed by atoms with E-state index < -0.39 is 0 Å². The van der Waals surface area contributed by atoms with Crippen molar-refractivity contribution in [1.82, 2.24) is 15.3 Å². The molecule has 0 saturated carbocycles. The number of aromatic nitrogens is 2. The average molecular weight is 246 g/mol. The summed E-state index contributed by atoms with van der Waals surface area (Å²) in [4.78, 5) is 19.9. The lowest BCUT2D eigenvalue weighted by Gasteiger charge is -2.28. The van der Waals surface area contributed by atoms with Crippen LogP contribution in [0.25, 0.3) is 0 Å². The summed E-state index contributed by atoms with van der Waals surface area (Å²) in [7, 11) is 0. The molecule has 3 rings (SSSR count). The molecule has 2 saturated heterocycles. The third kappa shape index (κ3) is 2.67. The molecular weight excluding hydrogens is 228 g/mol. The van der Waals surface area contributed by atoms with Gasteiger partial charge in [0.15, 0.2) is 5.82 Å². The molecule has 96 valence electrons. The minimum absolute atomic E-state index is 0.0572. The van der Waals surface area contributed by atoms with Gasteiger partial charge in [0.2, 0.25) is 5.91 Å². The van der Waals surface area contributed by atoms with Gasteiger partial charge in [0.25, 0.3) is 0 Å². The van der Waals surface area contributed by atoms with Gasteiger partial charge in [-0.15, -0.1) is 0 Å². The second-order valence-electron chi connectivity index (χ2n) is 5.32. The molecule has 0 spiro atoms. The van der Waals surface area contributed by atoms with Gasteiger partial charge in [-0.05, 0) is 31.6 Å². The van der Waals surface area contributed by atoms with Gasteiger partial charge in [0, 0.05) is 30.9 Å². The number of fused-ring (bicyclic) bond motifs is 2. The topological polar surface area (TPSA) is 66.9 Å². The summed E-state index contributed by atoms with van der Waals surface area (Å²) in [5, 5.41) is 6.40. The van der Waals surface area contributed by atoms with Gasteiger partial charge in [0.05, 0.1) is 6.20 Å². The van der Waals surface area contributed by atoms with Gasteiger partial charge < -0.3 is 10.6 Å². The number of hydrogen-bond acceptors (Lipinski definition) is 4. The van der Waals surface area contributed by atoms with E-state index in [1.807, 2.05) is 0 Å². The zero-order chi connectivity index (χ0) is 12.4. The maximum atomic E-state index is 11.9. The van der Waals surface area contributed by atoms with Crippen LogP contribution in [0.15, 0.2) is 18.6 Å². The average Bonchev–Trinajstić information content (AvgIpc) is 2.70. The molecule has 2 aliphatic heterocycles. The van der Waals surface area contributed by atoms with Crippen molar-refractivity contribution in [1.29, 1.82) is 0 Å². The SMILES string of the molecule is O=C(CC1CC2CCC(C1)N2)Nc1cnccn1. The lowest BCUT2D eigenvalue weighted by Crippen LogP contribution is -2.39. The Balaban J connectivity index is 1.52. The normalized spacial score (nSPS) is 30.1. The fraction of sp³-hybridized carbons (Fsp3) is 0.615. The van der Waals surface area contributed by atoms with E-state index in [-0.39, 0.29) is 5.91 Å². The first-order chi connectivity index (χ1) is 8.79. The van der Waals surface area contributed by atoms with Crippen molar-refractivity contribution in [2.24, 2.45) is 5.92 Å². The molecule has 2 aliphatic rings. The van der Waals surface area contributed by atoms with Crippen molar-refractivity contribution >= 4 is 11.7 Å². The predicted octanol–water partition coefficient (Wildman–Crippen LogP) is 1.34. The van der Waals surface area contributed by atoms with Crippen molar-refractivity contribution in [3.05, 3.63) is 18.6 Å². The Bertz CT molecular complexity index is 410. The summed E-state index contributed by atoms with van der Waals surface area (Å²) >= 11 is 0. The largest absolute Gasteiger partial charge is 0.311 e. The number of anilines is 1. The fourth-order valence-electron chi connectivity index (χ4n) is 3.16. The highest BCUT2D eigenvalue weighted by atomic mass is 16.1. The molecule has 1 aromatic heterocycles. The first-order valence-electron chi connectivity index (χ1n) is 6.61. The first kappa shape index (κ1) is 11.6. The second kappa shape index (κ2) is 5.02. The molecule has 2 fully saturated rings. The van der Waals surface area contributed by atoms with Crippen molar-refractivity contribution in [2.75, 3.05) is 5.32 Å². The molecule has 5 nitrogen and oxygen atoms in total. The van der Waals surface area contributed by atoms with Crippen LogP contribution in [0.5, 0.6) is 0 Å². The van der Waals surface area contributed by atoms with Crippen LogP contribution in [0, 0.1) is 5.92 Å². The molecule has 1 amide bonds. The Labute approximate surface area is 106 Å². The van der Waals surface area contributed by atoms with Gasteiger partial charge >= 0.3 is 0 Å². The minimum Gasteiger partial charge on any atom is -0.311 e. The molecule has 0 aliphatic carbocycles. The van der Waals surface area contributed by atoms with Crippen LogP contribution < -0.4 is 10.6 Å². The third-order valence-corrected chi connectivity index (χ3v) is 3.88. The Kier molecular flexibility index (Phi) is 3.23. The van der Waals surface area contributed by atoms with Crippen molar-refractivity contribution in [2.45, 2.75) is 44.2 Å². The monoisotopic (exact) mass is 246 g/mol. The number of carbonyl (C=O) groups excluding carboxylic acids is 1. The van der Waals surface area contributed by atoms with Crippen molar-refractivity contribution in [3.8, 4) is 0 Å². The van der Waals surface area contributed by atoms with Crippen LogP contribution in [0.1, 0.15) is 32.1 Å². The van der Waals surface area contributed by atoms with E-state index in [0.29, 0.717) is 30.2 Å². The van der Waals surface area contributed by atoms with Crippen LogP contribution in [0.3, 0.4) is 0 Å². The highest BCUT2D eigenvalue weighted by Crippen LogP contribution is 2.32. The Morgan fingerprint density at radius 2 is 2.11 bits per heavy atom. The van der Waals surface area contributed by atoms with E-state index in [4.69, 9.17) is 0 Å². The van der Waals surface area contributed by atoms with E-state index >= 15 is 0 Å². The fourth-order valence-corrected chi connectivity index (χ4v) is 3.16. The summed E-state index contributed by atoms with van der Waals surface area (Å²) < 4.78 is 0. The third-order valence-electron chi connectivity index (χ3n) is 3.88. The molecule has 1 aromatic rings. The number of rotatable bonds is 3. The van der Waals surface area contributed by atoms with E-state index in [0.717, 1.165) is 12.8 Å². The molecule has 0 radical (unpaired) electrons. The van der Waals surface area contributed by atoms with Crippen molar-refractivity contribution < 1.29 is 4.79 Å². The molecule has 0 aromatic carbocycles. The number of piperidine rings is 1. The lowest BCUT2D eigenvalue weighted by atomic mass is 9.89.